The Kier molecular flexibility index (Phi) is 2.46. The first-order chi connectivity index (χ1) is 9.19. The highest BCUT2D eigenvalue weighted by atomic mass is 16.1. The molecule has 1 amide bonds. The molecule has 0 fully saturated rings. The molecular weight excluding hydrogens is 242 g/mol. The van der Waals surface area contributed by atoms with Gasteiger partial charge in [-0.15, -0.1) is 0 Å². The molecule has 1 aliphatic rings. The maximum absolute atomic E-state index is 11.0. The highest BCUT2D eigenvalue weighted by Gasteiger charge is 2.24. The number of nitrogens with one attached hydrogen (secondary N) is 1. The van der Waals surface area contributed by atoms with Crippen molar-refractivity contribution in [3.8, 4) is 17.5 Å². The van der Waals surface area contributed by atoms with Gasteiger partial charge in [0.25, 0.3) is 0 Å². The Hall–Kier alpha value is -2.81. The van der Waals surface area contributed by atoms with E-state index < -0.39 is 5.91 Å². The average Bonchev–Trinajstić information content (AvgIpc) is 2.98. The molecule has 0 spiro atoms. The number of primary amides is 1. The van der Waals surface area contributed by atoms with Crippen LogP contribution in [-0.2, 0) is 13.1 Å². The molecule has 0 saturated heterocycles. The third-order valence-electron chi connectivity index (χ3n) is 3.24. The number of amides is 1. The van der Waals surface area contributed by atoms with Crippen molar-refractivity contribution in [3.63, 3.8) is 0 Å². The second-order valence-electron chi connectivity index (χ2n) is 4.43. The highest BCUT2D eigenvalue weighted by Crippen LogP contribution is 2.30. The van der Waals surface area contributed by atoms with Gasteiger partial charge in [0.05, 0.1) is 24.5 Å². The van der Waals surface area contributed by atoms with Crippen molar-refractivity contribution in [2.45, 2.75) is 13.1 Å². The Morgan fingerprint density at radius 2 is 2.11 bits per heavy atom. The summed E-state index contributed by atoms with van der Waals surface area (Å²) >= 11 is 0. The predicted octanol–water partition coefficient (Wildman–Crippen LogP) is 0.972. The summed E-state index contributed by atoms with van der Waals surface area (Å²) in [7, 11) is 0. The Balaban J connectivity index is 1.97. The minimum absolute atomic E-state index is 0.450. The van der Waals surface area contributed by atoms with Crippen LogP contribution >= 0.6 is 0 Å². The number of carbonyl (C=O) groups is 1. The van der Waals surface area contributed by atoms with Crippen LogP contribution in [0.3, 0.4) is 0 Å². The van der Waals surface area contributed by atoms with Crippen LogP contribution < -0.4 is 5.73 Å². The van der Waals surface area contributed by atoms with Gasteiger partial charge in [0.15, 0.2) is 6.19 Å². The molecule has 0 radical (unpaired) electrons. The summed E-state index contributed by atoms with van der Waals surface area (Å²) in [5, 5.41) is 16.1. The molecule has 1 aromatic heterocycles. The van der Waals surface area contributed by atoms with Crippen LogP contribution in [0.1, 0.15) is 21.6 Å². The van der Waals surface area contributed by atoms with Gasteiger partial charge >= 0.3 is 0 Å². The molecule has 6 heteroatoms. The summed E-state index contributed by atoms with van der Waals surface area (Å²) in [5.41, 5.74) is 9.40. The number of benzene rings is 1. The molecule has 0 aliphatic carbocycles. The Morgan fingerprint density at radius 3 is 2.74 bits per heavy atom. The van der Waals surface area contributed by atoms with Crippen molar-refractivity contribution in [3.05, 3.63) is 41.1 Å². The standard InChI is InChI=1S/C13H11N5O/c14-7-18-5-10-11(6-18)16-17-12(10)8-1-3-9(4-2-8)13(15)19/h1-4H,5-6H2,(H2,15,19)(H,16,17). The summed E-state index contributed by atoms with van der Waals surface area (Å²) in [5.74, 6) is -0.450. The smallest absolute Gasteiger partial charge is 0.248 e. The summed E-state index contributed by atoms with van der Waals surface area (Å²) in [6.07, 6.45) is 2.12. The van der Waals surface area contributed by atoms with Crippen LogP contribution in [0.25, 0.3) is 11.3 Å². The lowest BCUT2D eigenvalue weighted by Gasteiger charge is -2.05. The van der Waals surface area contributed by atoms with Gasteiger partial charge in [-0.3, -0.25) is 9.89 Å². The molecule has 19 heavy (non-hydrogen) atoms. The van der Waals surface area contributed by atoms with Crippen LogP contribution in [0.2, 0.25) is 0 Å². The predicted molar refractivity (Wildman–Crippen MR) is 67.4 cm³/mol. The molecule has 94 valence electrons. The maximum atomic E-state index is 11.0. The number of H-pyrrole nitrogens is 1. The number of hydrogen-bond donors (Lipinski definition) is 2. The Bertz CT molecular complexity index is 680. The fourth-order valence-electron chi connectivity index (χ4n) is 2.24. The number of nitrogens with zero attached hydrogens (tertiary/aromatic N) is 3. The third-order valence-corrected chi connectivity index (χ3v) is 3.24. The fourth-order valence-corrected chi connectivity index (χ4v) is 2.24. The van der Waals surface area contributed by atoms with Crippen LogP contribution in [0.4, 0.5) is 0 Å². The lowest BCUT2D eigenvalue weighted by molar-refractivity contribution is 0.100. The second kappa shape index (κ2) is 4.14. The number of nitriles is 1. The molecule has 2 aromatic rings. The van der Waals surface area contributed by atoms with Crippen LogP contribution in [0, 0.1) is 11.5 Å². The Morgan fingerprint density at radius 1 is 1.37 bits per heavy atom. The monoisotopic (exact) mass is 253 g/mol. The zero-order valence-corrected chi connectivity index (χ0v) is 10.1. The van der Waals surface area contributed by atoms with E-state index in [0.29, 0.717) is 18.7 Å². The Labute approximate surface area is 109 Å². The minimum atomic E-state index is -0.450. The first-order valence-corrected chi connectivity index (χ1v) is 5.80. The van der Waals surface area contributed by atoms with E-state index in [0.717, 1.165) is 22.5 Å². The van der Waals surface area contributed by atoms with Crippen molar-refractivity contribution in [2.75, 3.05) is 0 Å². The summed E-state index contributed by atoms with van der Waals surface area (Å²) in [4.78, 5) is 12.7. The van der Waals surface area contributed by atoms with Gasteiger partial charge in [0.2, 0.25) is 5.91 Å². The zero-order valence-electron chi connectivity index (χ0n) is 10.1. The number of hydrogen-bond acceptors (Lipinski definition) is 4. The second-order valence-corrected chi connectivity index (χ2v) is 4.43. The first kappa shape index (κ1) is 11.3. The molecule has 0 atom stereocenters. The molecule has 2 heterocycles. The van der Waals surface area contributed by atoms with E-state index in [1.165, 1.54) is 0 Å². The highest BCUT2D eigenvalue weighted by molar-refractivity contribution is 5.93. The molecule has 1 aliphatic heterocycles. The quantitative estimate of drug-likeness (QED) is 0.779. The largest absolute Gasteiger partial charge is 0.366 e. The lowest BCUT2D eigenvalue weighted by atomic mass is 10.1. The third kappa shape index (κ3) is 1.81. The van der Waals surface area contributed by atoms with Gasteiger partial charge in [-0.05, 0) is 12.1 Å². The average molecular weight is 253 g/mol. The molecule has 0 unspecified atom stereocenters. The van der Waals surface area contributed by atoms with E-state index >= 15 is 0 Å². The lowest BCUT2D eigenvalue weighted by Crippen LogP contribution is -2.10. The molecule has 1 aromatic carbocycles. The molecular formula is C13H11N5O. The van der Waals surface area contributed by atoms with Gasteiger partial charge < -0.3 is 10.6 Å². The van der Waals surface area contributed by atoms with Crippen LogP contribution in [0.5, 0.6) is 0 Å². The van der Waals surface area contributed by atoms with E-state index in [4.69, 9.17) is 11.0 Å². The number of fused-ring (bicyclic) bond motifs is 1. The molecule has 6 nitrogen and oxygen atoms in total. The van der Waals surface area contributed by atoms with Crippen molar-refractivity contribution >= 4 is 5.91 Å². The summed E-state index contributed by atoms with van der Waals surface area (Å²) in [6.45, 7) is 1.13. The minimum Gasteiger partial charge on any atom is -0.366 e. The van der Waals surface area contributed by atoms with Gasteiger partial charge in [-0.1, -0.05) is 12.1 Å². The molecule has 0 saturated carbocycles. The topological polar surface area (TPSA) is 98.8 Å². The maximum Gasteiger partial charge on any atom is 0.248 e. The molecule has 3 rings (SSSR count). The SMILES string of the molecule is N#CN1Cc2[nH]nc(-c3ccc(C(N)=O)cc3)c2C1. The van der Waals surface area contributed by atoms with E-state index in [1.807, 2.05) is 12.1 Å². The number of aromatic amines is 1. The summed E-state index contributed by atoms with van der Waals surface area (Å²) in [6, 6.07) is 6.97. The number of aromatic nitrogens is 2. The van der Waals surface area contributed by atoms with Gasteiger partial charge in [-0.25, -0.2) is 0 Å². The van der Waals surface area contributed by atoms with E-state index in [-0.39, 0.29) is 0 Å². The number of carbonyl (C=O) groups excluding carboxylic acids is 1. The van der Waals surface area contributed by atoms with Crippen LogP contribution in [-0.4, -0.2) is 21.0 Å². The van der Waals surface area contributed by atoms with Crippen molar-refractivity contribution < 1.29 is 4.79 Å². The molecule has 0 bridgehead atoms. The van der Waals surface area contributed by atoms with E-state index in [1.54, 1.807) is 17.0 Å². The van der Waals surface area contributed by atoms with Crippen LogP contribution in [0.15, 0.2) is 24.3 Å². The van der Waals surface area contributed by atoms with Crippen molar-refractivity contribution in [2.24, 2.45) is 5.73 Å². The van der Waals surface area contributed by atoms with Gasteiger partial charge in [0, 0.05) is 16.7 Å². The zero-order chi connectivity index (χ0) is 13.4. The van der Waals surface area contributed by atoms with E-state index in [9.17, 15) is 4.79 Å². The van der Waals surface area contributed by atoms with Crippen molar-refractivity contribution in [1.29, 1.82) is 5.26 Å². The first-order valence-electron chi connectivity index (χ1n) is 5.80. The van der Waals surface area contributed by atoms with Gasteiger partial charge in [-0.2, -0.15) is 10.4 Å². The number of rotatable bonds is 2. The summed E-state index contributed by atoms with van der Waals surface area (Å²) < 4.78 is 0. The van der Waals surface area contributed by atoms with Gasteiger partial charge in [0.1, 0.15) is 0 Å². The normalized spacial score (nSPS) is 13.1. The molecule has 3 N–H and O–H groups in total. The van der Waals surface area contributed by atoms with Crippen molar-refractivity contribution in [1.82, 2.24) is 15.1 Å². The fraction of sp³-hybridized carbons (Fsp3) is 0.154. The van der Waals surface area contributed by atoms with E-state index in [2.05, 4.69) is 16.4 Å². The number of nitrogens with two attached hydrogens (primary N) is 1.